The van der Waals surface area contributed by atoms with Gasteiger partial charge in [-0.15, -0.1) is 0 Å². The smallest absolute Gasteiger partial charge is 0.220 e. The molecule has 19 heavy (non-hydrogen) atoms. The Morgan fingerprint density at radius 1 is 1.47 bits per heavy atom. The molecule has 0 radical (unpaired) electrons. The highest BCUT2D eigenvalue weighted by atomic mass is 35.5. The second-order valence-corrected chi connectivity index (χ2v) is 5.03. The first-order chi connectivity index (χ1) is 9.10. The Morgan fingerprint density at radius 2 is 2.21 bits per heavy atom. The predicted octanol–water partition coefficient (Wildman–Crippen LogP) is 0.953. The van der Waals surface area contributed by atoms with Crippen LogP contribution in [0.3, 0.4) is 0 Å². The van der Waals surface area contributed by atoms with Crippen LogP contribution in [-0.2, 0) is 9.53 Å². The maximum atomic E-state index is 11.2. The lowest BCUT2D eigenvalue weighted by atomic mass is 9.98. The topological polar surface area (TPSA) is 73.6 Å². The molecule has 5 nitrogen and oxygen atoms in total. The number of rotatable bonds is 5. The number of primary amides is 1. The van der Waals surface area contributed by atoms with E-state index in [4.69, 9.17) is 26.8 Å². The Labute approximate surface area is 117 Å². The molecular formula is C13H17ClN2O3. The van der Waals surface area contributed by atoms with Gasteiger partial charge < -0.3 is 20.5 Å². The molecular weight excluding hydrogens is 268 g/mol. The summed E-state index contributed by atoms with van der Waals surface area (Å²) in [5.41, 5.74) is 4.59. The van der Waals surface area contributed by atoms with Gasteiger partial charge in [-0.3, -0.25) is 4.79 Å². The maximum absolute atomic E-state index is 11.2. The number of morpholine rings is 1. The van der Waals surface area contributed by atoms with E-state index in [1.54, 1.807) is 24.3 Å². The molecule has 0 aliphatic carbocycles. The number of hydrogen-bond acceptors (Lipinski definition) is 4. The fraction of sp³-hybridized carbons (Fsp3) is 0.462. The first-order valence-electron chi connectivity index (χ1n) is 6.11. The molecule has 6 heteroatoms. The average Bonchev–Trinajstić information content (AvgIpc) is 2.38. The van der Waals surface area contributed by atoms with Crippen molar-refractivity contribution in [1.82, 2.24) is 5.32 Å². The van der Waals surface area contributed by atoms with Crippen molar-refractivity contribution in [3.8, 4) is 5.75 Å². The molecule has 1 aromatic rings. The highest BCUT2D eigenvalue weighted by Crippen LogP contribution is 2.22. The summed E-state index contributed by atoms with van der Waals surface area (Å²) in [6.45, 7) is 2.12. The molecule has 0 saturated carbocycles. The van der Waals surface area contributed by atoms with E-state index in [1.807, 2.05) is 0 Å². The Kier molecular flexibility index (Phi) is 4.63. The summed E-state index contributed by atoms with van der Waals surface area (Å²) in [5, 5.41) is 3.84. The first kappa shape index (κ1) is 14.1. The fourth-order valence-electron chi connectivity index (χ4n) is 2.03. The van der Waals surface area contributed by atoms with Crippen molar-refractivity contribution >= 4 is 17.5 Å². The number of nitrogens with one attached hydrogen (secondary N) is 1. The molecule has 1 saturated heterocycles. The van der Waals surface area contributed by atoms with Crippen LogP contribution in [0.2, 0.25) is 5.02 Å². The number of carbonyl (C=O) groups excluding carboxylic acids is 1. The van der Waals surface area contributed by atoms with E-state index >= 15 is 0 Å². The second-order valence-electron chi connectivity index (χ2n) is 4.59. The minimum Gasteiger partial charge on any atom is -0.491 e. The normalized spacial score (nSPS) is 23.0. The molecule has 0 bridgehead atoms. The summed E-state index contributed by atoms with van der Waals surface area (Å²) in [6, 6.07) is 7.04. The van der Waals surface area contributed by atoms with E-state index in [2.05, 4.69) is 5.32 Å². The van der Waals surface area contributed by atoms with Crippen LogP contribution in [0, 0.1) is 0 Å². The van der Waals surface area contributed by atoms with Gasteiger partial charge >= 0.3 is 0 Å². The Balaban J connectivity index is 1.99. The van der Waals surface area contributed by atoms with Crippen molar-refractivity contribution < 1.29 is 14.3 Å². The van der Waals surface area contributed by atoms with Crippen molar-refractivity contribution in [2.24, 2.45) is 5.73 Å². The van der Waals surface area contributed by atoms with Crippen LogP contribution >= 0.6 is 11.6 Å². The SMILES string of the molecule is NC(=O)CC1(COc2ccc(Cl)cc2)CNCCO1. The summed E-state index contributed by atoms with van der Waals surface area (Å²) in [4.78, 5) is 11.2. The van der Waals surface area contributed by atoms with E-state index in [9.17, 15) is 4.79 Å². The van der Waals surface area contributed by atoms with Crippen LogP contribution < -0.4 is 15.8 Å². The number of benzene rings is 1. The predicted molar refractivity (Wildman–Crippen MR) is 72.3 cm³/mol. The molecule has 1 heterocycles. The zero-order chi connectivity index (χ0) is 13.7. The van der Waals surface area contributed by atoms with Gasteiger partial charge in [0.2, 0.25) is 5.91 Å². The maximum Gasteiger partial charge on any atom is 0.220 e. The monoisotopic (exact) mass is 284 g/mol. The van der Waals surface area contributed by atoms with Gasteiger partial charge in [0.25, 0.3) is 0 Å². The van der Waals surface area contributed by atoms with Crippen molar-refractivity contribution in [2.45, 2.75) is 12.0 Å². The van der Waals surface area contributed by atoms with Gasteiger partial charge in [-0.1, -0.05) is 11.6 Å². The quantitative estimate of drug-likeness (QED) is 0.844. The van der Waals surface area contributed by atoms with Crippen LogP contribution in [0.1, 0.15) is 6.42 Å². The van der Waals surface area contributed by atoms with Crippen molar-refractivity contribution in [1.29, 1.82) is 0 Å². The third-order valence-corrected chi connectivity index (χ3v) is 3.20. The standard InChI is InChI=1S/C13H17ClN2O3/c14-10-1-3-11(4-2-10)18-9-13(7-12(15)17)8-16-5-6-19-13/h1-4,16H,5-9H2,(H2,15,17). The minimum atomic E-state index is -0.691. The van der Waals surface area contributed by atoms with Crippen molar-refractivity contribution in [3.63, 3.8) is 0 Å². The first-order valence-corrected chi connectivity index (χ1v) is 6.49. The molecule has 1 unspecified atom stereocenters. The summed E-state index contributed by atoms with van der Waals surface area (Å²) in [6.07, 6.45) is 0.133. The van der Waals surface area contributed by atoms with Crippen LogP contribution in [0.15, 0.2) is 24.3 Å². The summed E-state index contributed by atoms with van der Waals surface area (Å²) >= 11 is 5.81. The third-order valence-electron chi connectivity index (χ3n) is 2.95. The molecule has 1 amide bonds. The van der Waals surface area contributed by atoms with E-state index in [-0.39, 0.29) is 13.0 Å². The van der Waals surface area contributed by atoms with E-state index < -0.39 is 11.5 Å². The van der Waals surface area contributed by atoms with Crippen LogP contribution in [0.4, 0.5) is 0 Å². The third kappa shape index (κ3) is 4.09. The van der Waals surface area contributed by atoms with Crippen LogP contribution in [-0.4, -0.2) is 37.8 Å². The highest BCUT2D eigenvalue weighted by molar-refractivity contribution is 6.30. The van der Waals surface area contributed by atoms with Crippen molar-refractivity contribution in [3.05, 3.63) is 29.3 Å². The lowest BCUT2D eigenvalue weighted by Gasteiger charge is -2.36. The molecule has 3 N–H and O–H groups in total. The lowest BCUT2D eigenvalue weighted by molar-refractivity contribution is -0.133. The fourth-order valence-corrected chi connectivity index (χ4v) is 2.15. The molecule has 104 valence electrons. The number of halogens is 1. The minimum absolute atomic E-state index is 0.133. The second kappa shape index (κ2) is 6.23. The molecule has 1 aromatic carbocycles. The number of carbonyl (C=O) groups is 1. The van der Waals surface area contributed by atoms with Gasteiger partial charge in [0.05, 0.1) is 13.0 Å². The Morgan fingerprint density at radius 3 is 2.79 bits per heavy atom. The van der Waals surface area contributed by atoms with Gasteiger partial charge in [-0.25, -0.2) is 0 Å². The zero-order valence-corrected chi connectivity index (χ0v) is 11.3. The number of nitrogens with two attached hydrogens (primary N) is 1. The Bertz CT molecular complexity index is 430. The largest absolute Gasteiger partial charge is 0.491 e. The van der Waals surface area contributed by atoms with E-state index in [0.29, 0.717) is 23.9 Å². The molecule has 0 spiro atoms. The van der Waals surface area contributed by atoms with E-state index in [1.165, 1.54) is 0 Å². The molecule has 1 aliphatic heterocycles. The summed E-state index contributed by atoms with van der Waals surface area (Å²) < 4.78 is 11.4. The lowest BCUT2D eigenvalue weighted by Crippen LogP contribution is -2.55. The molecule has 1 aliphatic rings. The number of ether oxygens (including phenoxy) is 2. The molecule has 1 fully saturated rings. The number of amides is 1. The highest BCUT2D eigenvalue weighted by Gasteiger charge is 2.36. The van der Waals surface area contributed by atoms with Gasteiger partial charge in [-0.05, 0) is 24.3 Å². The average molecular weight is 285 g/mol. The van der Waals surface area contributed by atoms with Gasteiger partial charge in [0, 0.05) is 18.1 Å². The van der Waals surface area contributed by atoms with Crippen molar-refractivity contribution in [2.75, 3.05) is 26.3 Å². The van der Waals surface area contributed by atoms with Gasteiger partial charge in [0.1, 0.15) is 18.0 Å². The van der Waals surface area contributed by atoms with E-state index in [0.717, 1.165) is 6.54 Å². The van der Waals surface area contributed by atoms with Crippen LogP contribution in [0.25, 0.3) is 0 Å². The van der Waals surface area contributed by atoms with Gasteiger partial charge in [0.15, 0.2) is 0 Å². The molecule has 2 rings (SSSR count). The van der Waals surface area contributed by atoms with Gasteiger partial charge in [-0.2, -0.15) is 0 Å². The number of hydrogen-bond donors (Lipinski definition) is 2. The molecule has 0 aromatic heterocycles. The summed E-state index contributed by atoms with van der Waals surface area (Å²) in [5.74, 6) is 0.283. The Hall–Kier alpha value is -1.30. The summed E-state index contributed by atoms with van der Waals surface area (Å²) in [7, 11) is 0. The molecule has 1 atom stereocenters. The zero-order valence-electron chi connectivity index (χ0n) is 10.5. The van der Waals surface area contributed by atoms with Crippen LogP contribution in [0.5, 0.6) is 5.75 Å².